The van der Waals surface area contributed by atoms with Crippen molar-refractivity contribution in [3.8, 4) is 0 Å². The van der Waals surface area contributed by atoms with E-state index in [1.807, 2.05) is 6.07 Å². The van der Waals surface area contributed by atoms with Gasteiger partial charge in [-0.3, -0.25) is 24.6 Å². The summed E-state index contributed by atoms with van der Waals surface area (Å²) in [5.74, 6) is 1.24. The molecule has 2 atom stereocenters. The quantitative estimate of drug-likeness (QED) is 0.714. The van der Waals surface area contributed by atoms with Gasteiger partial charge < -0.3 is 10.2 Å². The third-order valence-corrected chi connectivity index (χ3v) is 7.98. The van der Waals surface area contributed by atoms with E-state index in [0.29, 0.717) is 23.9 Å². The number of carbonyl (C=O) groups excluding carboxylic acids is 3. The van der Waals surface area contributed by atoms with E-state index in [1.54, 1.807) is 4.90 Å². The highest BCUT2D eigenvalue weighted by atomic mass is 32.2. The molecule has 0 spiro atoms. The van der Waals surface area contributed by atoms with E-state index in [0.717, 1.165) is 37.7 Å². The monoisotopic (exact) mass is 414 g/mol. The fourth-order valence-electron chi connectivity index (χ4n) is 4.78. The van der Waals surface area contributed by atoms with Gasteiger partial charge >= 0.3 is 0 Å². The molecule has 3 saturated heterocycles. The van der Waals surface area contributed by atoms with E-state index in [4.69, 9.17) is 0 Å². The molecule has 1 aromatic carbocycles. The first-order valence-corrected chi connectivity index (χ1v) is 11.5. The largest absolute Gasteiger partial charge is 0.322 e. The van der Waals surface area contributed by atoms with Crippen molar-refractivity contribution in [2.45, 2.75) is 43.8 Å². The highest BCUT2D eigenvalue weighted by molar-refractivity contribution is 7.99. The van der Waals surface area contributed by atoms with E-state index in [2.05, 4.69) is 39.4 Å². The Morgan fingerprint density at radius 2 is 2.03 bits per heavy atom. The van der Waals surface area contributed by atoms with Crippen molar-refractivity contribution in [2.75, 3.05) is 25.4 Å². The van der Waals surface area contributed by atoms with Crippen molar-refractivity contribution in [3.05, 3.63) is 34.9 Å². The van der Waals surface area contributed by atoms with Crippen molar-refractivity contribution >= 4 is 29.5 Å². The van der Waals surface area contributed by atoms with E-state index >= 15 is 0 Å². The molecular formula is C21H26N4O3S. The van der Waals surface area contributed by atoms with Gasteiger partial charge in [0.15, 0.2) is 0 Å². The van der Waals surface area contributed by atoms with Crippen LogP contribution in [0.2, 0.25) is 0 Å². The maximum atomic E-state index is 12.9. The van der Waals surface area contributed by atoms with Crippen LogP contribution in [-0.4, -0.2) is 64.3 Å². The summed E-state index contributed by atoms with van der Waals surface area (Å²) >= 11 is 2.07. The summed E-state index contributed by atoms with van der Waals surface area (Å²) in [6.07, 6.45) is 1.90. The lowest BCUT2D eigenvalue weighted by atomic mass is 10.0. The minimum atomic E-state index is -0.551. The van der Waals surface area contributed by atoms with Crippen LogP contribution < -0.4 is 10.6 Å². The van der Waals surface area contributed by atoms with Crippen molar-refractivity contribution in [3.63, 3.8) is 0 Å². The SMILES string of the molecule is O=C1CCC(N2Cc3cc(CN4CCCSC4C4CNC4)ccc3C2=O)C(=O)N1. The van der Waals surface area contributed by atoms with Gasteiger partial charge in [0, 0.05) is 50.6 Å². The minimum Gasteiger partial charge on any atom is -0.322 e. The summed E-state index contributed by atoms with van der Waals surface area (Å²) in [5, 5.41) is 6.32. The molecule has 29 heavy (non-hydrogen) atoms. The van der Waals surface area contributed by atoms with Gasteiger partial charge in [0.05, 0.1) is 5.37 Å². The van der Waals surface area contributed by atoms with Gasteiger partial charge in [0.1, 0.15) is 6.04 Å². The number of nitrogens with one attached hydrogen (secondary N) is 2. The first kappa shape index (κ1) is 19.1. The van der Waals surface area contributed by atoms with Crippen LogP contribution in [0.5, 0.6) is 0 Å². The number of imide groups is 1. The number of carbonyl (C=O) groups is 3. The van der Waals surface area contributed by atoms with Crippen molar-refractivity contribution < 1.29 is 14.4 Å². The Morgan fingerprint density at radius 1 is 1.17 bits per heavy atom. The zero-order chi connectivity index (χ0) is 20.0. The Morgan fingerprint density at radius 3 is 2.79 bits per heavy atom. The fraction of sp³-hybridized carbons (Fsp3) is 0.571. The summed E-state index contributed by atoms with van der Waals surface area (Å²) in [7, 11) is 0. The summed E-state index contributed by atoms with van der Waals surface area (Å²) in [5.41, 5.74) is 2.90. The molecule has 0 bridgehead atoms. The third-order valence-electron chi connectivity index (χ3n) is 6.43. The van der Waals surface area contributed by atoms with Crippen LogP contribution in [0.1, 0.15) is 40.7 Å². The molecule has 2 unspecified atom stereocenters. The maximum Gasteiger partial charge on any atom is 0.255 e. The van der Waals surface area contributed by atoms with Crippen molar-refractivity contribution in [1.29, 1.82) is 0 Å². The lowest BCUT2D eigenvalue weighted by Gasteiger charge is -2.43. The van der Waals surface area contributed by atoms with Crippen molar-refractivity contribution in [2.24, 2.45) is 5.92 Å². The number of hydrogen-bond donors (Lipinski definition) is 2. The molecule has 4 aliphatic heterocycles. The Bertz CT molecular complexity index is 856. The number of hydrogen-bond acceptors (Lipinski definition) is 6. The number of fused-ring (bicyclic) bond motifs is 1. The molecule has 3 amide bonds. The van der Waals surface area contributed by atoms with Crippen LogP contribution in [0.4, 0.5) is 0 Å². The predicted octanol–water partition coefficient (Wildman–Crippen LogP) is 0.932. The Balaban J connectivity index is 1.30. The van der Waals surface area contributed by atoms with Gasteiger partial charge in [0.2, 0.25) is 11.8 Å². The zero-order valence-electron chi connectivity index (χ0n) is 16.4. The van der Waals surface area contributed by atoms with Gasteiger partial charge in [-0.15, -0.1) is 11.8 Å². The molecule has 0 aliphatic carbocycles. The lowest BCUT2D eigenvalue weighted by Crippen LogP contribution is -2.54. The number of piperidine rings is 1. The number of nitrogens with zero attached hydrogens (tertiary/aromatic N) is 2. The normalized spacial score (nSPS) is 28.3. The van der Waals surface area contributed by atoms with Gasteiger partial charge in [-0.25, -0.2) is 0 Å². The average Bonchev–Trinajstić information content (AvgIpc) is 2.98. The standard InChI is InChI=1S/C21H26N4O3S/c26-18-5-4-17(19(27)23-18)25-12-14-8-13(2-3-16(14)20(25)28)11-24-6-1-7-29-21(24)15-9-22-10-15/h2-3,8,15,17,21-22H,1,4-7,9-12H2,(H,23,26,27). The number of amides is 3. The molecule has 7 nitrogen and oxygen atoms in total. The molecule has 3 fully saturated rings. The second-order valence-electron chi connectivity index (χ2n) is 8.40. The molecule has 5 rings (SSSR count). The highest BCUT2D eigenvalue weighted by Crippen LogP contribution is 2.33. The van der Waals surface area contributed by atoms with Gasteiger partial charge in [-0.05, 0) is 35.8 Å². The fourth-order valence-corrected chi connectivity index (χ4v) is 6.17. The summed E-state index contributed by atoms with van der Waals surface area (Å²) in [4.78, 5) is 40.7. The van der Waals surface area contributed by atoms with Gasteiger partial charge in [-0.1, -0.05) is 12.1 Å². The smallest absolute Gasteiger partial charge is 0.255 e. The second-order valence-corrected chi connectivity index (χ2v) is 9.62. The first-order chi connectivity index (χ1) is 14.1. The summed E-state index contributed by atoms with van der Waals surface area (Å²) in [6.45, 7) is 4.67. The molecule has 0 aromatic heterocycles. The molecule has 0 saturated carbocycles. The number of thioether (sulfide) groups is 1. The molecule has 1 aromatic rings. The van der Waals surface area contributed by atoms with Crippen molar-refractivity contribution in [1.82, 2.24) is 20.4 Å². The van der Waals surface area contributed by atoms with Crippen LogP contribution in [0.15, 0.2) is 18.2 Å². The Hall–Kier alpha value is -1.90. The van der Waals surface area contributed by atoms with Gasteiger partial charge in [0.25, 0.3) is 5.91 Å². The Kier molecular flexibility index (Phi) is 5.09. The lowest BCUT2D eigenvalue weighted by molar-refractivity contribution is -0.136. The van der Waals surface area contributed by atoms with Gasteiger partial charge in [-0.2, -0.15) is 0 Å². The molecule has 2 N–H and O–H groups in total. The molecule has 0 radical (unpaired) electrons. The third kappa shape index (κ3) is 3.58. The number of benzene rings is 1. The first-order valence-electron chi connectivity index (χ1n) is 10.4. The van der Waals surface area contributed by atoms with E-state index in [9.17, 15) is 14.4 Å². The van der Waals surface area contributed by atoms with Crippen LogP contribution in [0.3, 0.4) is 0 Å². The van der Waals surface area contributed by atoms with E-state index in [1.165, 1.54) is 17.7 Å². The molecule has 4 aliphatic rings. The minimum absolute atomic E-state index is 0.104. The summed E-state index contributed by atoms with van der Waals surface area (Å²) < 4.78 is 0. The molecular weight excluding hydrogens is 388 g/mol. The summed E-state index contributed by atoms with van der Waals surface area (Å²) in [6, 6.07) is 5.55. The van der Waals surface area contributed by atoms with Crippen LogP contribution >= 0.6 is 11.8 Å². The molecule has 154 valence electrons. The number of rotatable bonds is 4. The Labute approximate surface area is 174 Å². The maximum absolute atomic E-state index is 12.9. The van der Waals surface area contributed by atoms with Crippen LogP contribution in [0, 0.1) is 5.92 Å². The second kappa shape index (κ2) is 7.74. The molecule has 4 heterocycles. The van der Waals surface area contributed by atoms with E-state index < -0.39 is 6.04 Å². The molecule has 8 heteroatoms. The van der Waals surface area contributed by atoms with Crippen LogP contribution in [-0.2, 0) is 22.7 Å². The van der Waals surface area contributed by atoms with E-state index in [-0.39, 0.29) is 24.1 Å². The van der Waals surface area contributed by atoms with Crippen LogP contribution in [0.25, 0.3) is 0 Å². The topological polar surface area (TPSA) is 81.8 Å². The highest BCUT2D eigenvalue weighted by Gasteiger charge is 2.39. The average molecular weight is 415 g/mol. The predicted molar refractivity (Wildman–Crippen MR) is 110 cm³/mol. The zero-order valence-corrected chi connectivity index (χ0v) is 17.2.